The lowest BCUT2D eigenvalue weighted by Gasteiger charge is -2.22. The Bertz CT molecular complexity index is 415. The van der Waals surface area contributed by atoms with Gasteiger partial charge in [0.05, 0.1) is 10.0 Å². The van der Waals surface area contributed by atoms with E-state index in [0.29, 0.717) is 16.7 Å². The predicted molar refractivity (Wildman–Crippen MR) is 91.3 cm³/mol. The smallest absolute Gasteiger partial charge is 0.0640 e. The van der Waals surface area contributed by atoms with Crippen LogP contribution in [0.2, 0.25) is 10.0 Å². The van der Waals surface area contributed by atoms with E-state index in [1.807, 2.05) is 25.2 Å². The molecule has 120 valence electrons. The van der Waals surface area contributed by atoms with Crippen LogP contribution in [0.15, 0.2) is 18.2 Å². The van der Waals surface area contributed by atoms with Gasteiger partial charge >= 0.3 is 0 Å². The molecule has 1 aromatic carbocycles. The number of rotatable bonds is 10. The highest BCUT2D eigenvalue weighted by Crippen LogP contribution is 2.31. The summed E-state index contributed by atoms with van der Waals surface area (Å²) >= 11 is 12.4. The van der Waals surface area contributed by atoms with Crippen LogP contribution in [-0.2, 0) is 0 Å². The van der Waals surface area contributed by atoms with Crippen LogP contribution in [0.4, 0.5) is 0 Å². The van der Waals surface area contributed by atoms with Crippen LogP contribution in [0.5, 0.6) is 0 Å². The first kappa shape index (κ1) is 18.7. The van der Waals surface area contributed by atoms with Gasteiger partial charge in [-0.2, -0.15) is 0 Å². The number of unbranched alkanes of at least 4 members (excludes halogenated alkanes) is 2. The molecule has 1 rings (SSSR count). The third kappa shape index (κ3) is 6.54. The Balaban J connectivity index is 2.45. The van der Waals surface area contributed by atoms with Gasteiger partial charge < -0.3 is 15.3 Å². The maximum Gasteiger partial charge on any atom is 0.0640 e. The van der Waals surface area contributed by atoms with Crippen LogP contribution in [0.1, 0.15) is 37.3 Å². The Labute approximate surface area is 138 Å². The molecule has 0 aromatic heterocycles. The second-order valence-corrected chi connectivity index (χ2v) is 6.15. The maximum absolute atomic E-state index is 8.77. The van der Waals surface area contributed by atoms with Crippen LogP contribution in [-0.4, -0.2) is 43.8 Å². The van der Waals surface area contributed by atoms with Crippen molar-refractivity contribution in [2.24, 2.45) is 0 Å². The van der Waals surface area contributed by atoms with Crippen molar-refractivity contribution < 1.29 is 5.11 Å². The molecule has 0 amide bonds. The second kappa shape index (κ2) is 10.4. The number of hydrogen-bond donors (Lipinski definition) is 2. The van der Waals surface area contributed by atoms with Gasteiger partial charge in [0.25, 0.3) is 0 Å². The average Bonchev–Trinajstić information content (AvgIpc) is 2.48. The second-order valence-electron chi connectivity index (χ2n) is 5.36. The fourth-order valence-corrected chi connectivity index (χ4v) is 2.82. The summed E-state index contributed by atoms with van der Waals surface area (Å²) in [6, 6.07) is 5.98. The summed E-state index contributed by atoms with van der Waals surface area (Å²) < 4.78 is 0. The normalized spacial score (nSPS) is 12.9. The molecule has 0 aliphatic carbocycles. The molecule has 1 aromatic rings. The summed E-state index contributed by atoms with van der Waals surface area (Å²) in [5, 5.41) is 13.3. The van der Waals surface area contributed by atoms with Gasteiger partial charge in [-0.15, -0.1) is 0 Å². The van der Waals surface area contributed by atoms with Crippen molar-refractivity contribution in [3.63, 3.8) is 0 Å². The van der Waals surface area contributed by atoms with E-state index in [0.717, 1.165) is 44.3 Å². The van der Waals surface area contributed by atoms with Crippen molar-refractivity contribution in [1.29, 1.82) is 0 Å². The average molecular weight is 333 g/mol. The minimum absolute atomic E-state index is 0.205. The van der Waals surface area contributed by atoms with Crippen molar-refractivity contribution >= 4 is 23.2 Å². The van der Waals surface area contributed by atoms with E-state index in [9.17, 15) is 0 Å². The number of nitrogens with zero attached hydrogens (tertiary/aromatic N) is 1. The van der Waals surface area contributed by atoms with Crippen molar-refractivity contribution in [2.45, 2.75) is 31.7 Å². The Morgan fingerprint density at radius 3 is 2.62 bits per heavy atom. The monoisotopic (exact) mass is 332 g/mol. The number of hydrogen-bond acceptors (Lipinski definition) is 3. The molecule has 2 N–H and O–H groups in total. The summed E-state index contributed by atoms with van der Waals surface area (Å²) in [7, 11) is 4.08. The van der Waals surface area contributed by atoms with Crippen molar-refractivity contribution in [1.82, 2.24) is 10.2 Å². The van der Waals surface area contributed by atoms with Crippen LogP contribution >= 0.6 is 23.2 Å². The first-order valence-corrected chi connectivity index (χ1v) is 8.26. The van der Waals surface area contributed by atoms with E-state index in [-0.39, 0.29) is 6.04 Å². The van der Waals surface area contributed by atoms with Gasteiger partial charge in [0.2, 0.25) is 0 Å². The molecular formula is C16H26Cl2N2O. The number of aliphatic hydroxyl groups excluding tert-OH is 1. The van der Waals surface area contributed by atoms with E-state index < -0.39 is 0 Å². The van der Waals surface area contributed by atoms with Crippen LogP contribution in [0.25, 0.3) is 0 Å². The number of benzene rings is 1. The topological polar surface area (TPSA) is 35.5 Å². The molecule has 0 spiro atoms. The van der Waals surface area contributed by atoms with Gasteiger partial charge in [-0.25, -0.2) is 0 Å². The molecule has 0 heterocycles. The number of halogens is 2. The predicted octanol–water partition coefficient (Wildman–Crippen LogP) is 3.74. The fourth-order valence-electron chi connectivity index (χ4n) is 2.38. The van der Waals surface area contributed by atoms with Gasteiger partial charge in [-0.3, -0.25) is 0 Å². The van der Waals surface area contributed by atoms with E-state index in [1.54, 1.807) is 0 Å². The Kier molecular flexibility index (Phi) is 9.29. The third-order valence-electron chi connectivity index (χ3n) is 3.70. The van der Waals surface area contributed by atoms with Gasteiger partial charge in [0, 0.05) is 12.6 Å². The third-order valence-corrected chi connectivity index (χ3v) is 4.54. The quantitative estimate of drug-likeness (QED) is 0.640. The SMILES string of the molecule is CNC(CCN(C)CCCCCO)c1cccc(Cl)c1Cl. The summed E-state index contributed by atoms with van der Waals surface area (Å²) in [6.45, 7) is 2.34. The molecule has 0 saturated carbocycles. The molecule has 0 radical (unpaired) electrons. The fraction of sp³-hybridized carbons (Fsp3) is 0.625. The zero-order valence-corrected chi connectivity index (χ0v) is 14.4. The standard InChI is InChI=1S/C16H26Cl2N2O/c1-19-15(13-7-6-8-14(17)16(13)18)9-11-20(2)10-4-3-5-12-21/h6-8,15,19,21H,3-5,9-12H2,1-2H3. The molecule has 0 aliphatic heterocycles. The Morgan fingerprint density at radius 2 is 1.95 bits per heavy atom. The minimum Gasteiger partial charge on any atom is -0.396 e. The molecule has 21 heavy (non-hydrogen) atoms. The lowest BCUT2D eigenvalue weighted by atomic mass is 10.0. The lowest BCUT2D eigenvalue weighted by Crippen LogP contribution is -2.26. The molecular weight excluding hydrogens is 307 g/mol. The number of nitrogens with one attached hydrogen (secondary N) is 1. The van der Waals surface area contributed by atoms with Crippen LogP contribution in [0.3, 0.4) is 0 Å². The molecule has 1 unspecified atom stereocenters. The summed E-state index contributed by atoms with van der Waals surface area (Å²) in [5.41, 5.74) is 1.06. The highest BCUT2D eigenvalue weighted by atomic mass is 35.5. The van der Waals surface area contributed by atoms with E-state index in [1.165, 1.54) is 0 Å². The van der Waals surface area contributed by atoms with Crippen molar-refractivity contribution in [3.05, 3.63) is 33.8 Å². The molecule has 0 bridgehead atoms. The highest BCUT2D eigenvalue weighted by Gasteiger charge is 2.15. The van der Waals surface area contributed by atoms with Gasteiger partial charge in [0.1, 0.15) is 0 Å². The zero-order valence-electron chi connectivity index (χ0n) is 12.9. The van der Waals surface area contributed by atoms with E-state index in [4.69, 9.17) is 28.3 Å². The highest BCUT2D eigenvalue weighted by molar-refractivity contribution is 6.42. The van der Waals surface area contributed by atoms with E-state index >= 15 is 0 Å². The molecule has 3 nitrogen and oxygen atoms in total. The first-order valence-electron chi connectivity index (χ1n) is 7.50. The van der Waals surface area contributed by atoms with Crippen molar-refractivity contribution in [2.75, 3.05) is 33.8 Å². The van der Waals surface area contributed by atoms with Gasteiger partial charge in [-0.1, -0.05) is 35.3 Å². The van der Waals surface area contributed by atoms with Gasteiger partial charge in [-0.05, 0) is 64.5 Å². The molecule has 1 atom stereocenters. The molecule has 0 aliphatic rings. The summed E-state index contributed by atoms with van der Waals surface area (Å²) in [5.74, 6) is 0. The summed E-state index contributed by atoms with van der Waals surface area (Å²) in [6.07, 6.45) is 4.08. The minimum atomic E-state index is 0.205. The zero-order chi connectivity index (χ0) is 15.7. The molecule has 5 heteroatoms. The van der Waals surface area contributed by atoms with Crippen molar-refractivity contribution in [3.8, 4) is 0 Å². The maximum atomic E-state index is 8.77. The lowest BCUT2D eigenvalue weighted by molar-refractivity contribution is 0.269. The molecule has 0 fully saturated rings. The van der Waals surface area contributed by atoms with Gasteiger partial charge in [0.15, 0.2) is 0 Å². The largest absolute Gasteiger partial charge is 0.396 e. The summed E-state index contributed by atoms with van der Waals surface area (Å²) in [4.78, 5) is 2.32. The Hall–Kier alpha value is -0.320. The van der Waals surface area contributed by atoms with Crippen LogP contribution in [0, 0.1) is 0 Å². The van der Waals surface area contributed by atoms with E-state index in [2.05, 4.69) is 17.3 Å². The first-order chi connectivity index (χ1) is 10.1. The Morgan fingerprint density at radius 1 is 1.19 bits per heavy atom. The van der Waals surface area contributed by atoms with Crippen LogP contribution < -0.4 is 5.32 Å². The molecule has 0 saturated heterocycles. The number of aliphatic hydroxyl groups is 1.